The molecular weight excluding hydrogens is 214 g/mol. The zero-order valence-corrected chi connectivity index (χ0v) is 10.7. The van der Waals surface area contributed by atoms with Gasteiger partial charge in [-0.3, -0.25) is 9.78 Å². The second-order valence-electron chi connectivity index (χ2n) is 5.06. The van der Waals surface area contributed by atoms with Gasteiger partial charge < -0.3 is 11.1 Å². The maximum Gasteiger partial charge on any atom is 0.221 e. The van der Waals surface area contributed by atoms with Gasteiger partial charge in [0.25, 0.3) is 0 Å². The molecule has 0 aliphatic rings. The van der Waals surface area contributed by atoms with Gasteiger partial charge >= 0.3 is 0 Å². The lowest BCUT2D eigenvalue weighted by Crippen LogP contribution is -2.39. The highest BCUT2D eigenvalue weighted by atomic mass is 16.1. The Kier molecular flexibility index (Phi) is 4.63. The zero-order valence-electron chi connectivity index (χ0n) is 10.7. The Morgan fingerprint density at radius 1 is 1.53 bits per heavy atom. The second-order valence-corrected chi connectivity index (χ2v) is 5.06. The van der Waals surface area contributed by atoms with Crippen molar-refractivity contribution in [3.8, 4) is 0 Å². The smallest absolute Gasteiger partial charge is 0.221 e. The third kappa shape index (κ3) is 4.53. The summed E-state index contributed by atoms with van der Waals surface area (Å²) >= 11 is 0. The summed E-state index contributed by atoms with van der Waals surface area (Å²) in [5, 5.41) is 2.89. The number of pyridine rings is 1. The van der Waals surface area contributed by atoms with Gasteiger partial charge in [0.15, 0.2) is 0 Å². The zero-order chi connectivity index (χ0) is 12.9. The average Bonchev–Trinajstić information content (AvgIpc) is 2.27. The van der Waals surface area contributed by atoms with E-state index in [4.69, 9.17) is 5.73 Å². The van der Waals surface area contributed by atoms with Gasteiger partial charge in [0.05, 0.1) is 0 Å². The maximum absolute atomic E-state index is 11.5. The van der Waals surface area contributed by atoms with Crippen LogP contribution in [-0.4, -0.2) is 23.5 Å². The number of rotatable bonds is 5. The van der Waals surface area contributed by atoms with Crippen LogP contribution in [0.1, 0.15) is 32.9 Å². The van der Waals surface area contributed by atoms with Gasteiger partial charge in [0.1, 0.15) is 0 Å². The number of carbonyl (C=O) groups is 1. The van der Waals surface area contributed by atoms with Crippen LogP contribution in [0.4, 0.5) is 0 Å². The van der Waals surface area contributed by atoms with Crippen LogP contribution < -0.4 is 11.1 Å². The van der Waals surface area contributed by atoms with Gasteiger partial charge in [-0.15, -0.1) is 0 Å². The summed E-state index contributed by atoms with van der Waals surface area (Å²) in [6, 6.07) is 5.70. The van der Waals surface area contributed by atoms with E-state index in [-0.39, 0.29) is 17.4 Å². The molecule has 0 fully saturated rings. The minimum Gasteiger partial charge on any atom is -0.355 e. The molecule has 17 heavy (non-hydrogen) atoms. The predicted octanol–water partition coefficient (Wildman–Crippen LogP) is 1.21. The van der Waals surface area contributed by atoms with E-state index in [9.17, 15) is 4.79 Å². The van der Waals surface area contributed by atoms with Crippen molar-refractivity contribution in [2.24, 2.45) is 5.73 Å². The first kappa shape index (κ1) is 13.6. The van der Waals surface area contributed by atoms with Crippen LogP contribution in [0, 0.1) is 0 Å². The number of hydrogen-bond donors (Lipinski definition) is 2. The first-order valence-electron chi connectivity index (χ1n) is 5.85. The topological polar surface area (TPSA) is 68.0 Å². The van der Waals surface area contributed by atoms with Gasteiger partial charge in [-0.05, 0) is 19.1 Å². The molecule has 0 saturated carbocycles. The molecule has 0 bridgehead atoms. The molecule has 0 spiro atoms. The summed E-state index contributed by atoms with van der Waals surface area (Å²) in [6.45, 7) is 6.50. The van der Waals surface area contributed by atoms with Crippen molar-refractivity contribution >= 4 is 5.91 Å². The maximum atomic E-state index is 11.5. The Bertz CT molecular complexity index is 360. The Labute approximate surface area is 103 Å². The molecule has 0 aromatic carbocycles. The minimum atomic E-state index is -0.172. The van der Waals surface area contributed by atoms with Crippen molar-refractivity contribution in [3.05, 3.63) is 30.1 Å². The van der Waals surface area contributed by atoms with Crippen molar-refractivity contribution in [1.82, 2.24) is 10.3 Å². The van der Waals surface area contributed by atoms with Crippen LogP contribution in [0.2, 0.25) is 0 Å². The molecule has 1 heterocycles. The summed E-state index contributed by atoms with van der Waals surface area (Å²) in [5.41, 5.74) is 6.37. The summed E-state index contributed by atoms with van der Waals surface area (Å²) in [7, 11) is 0. The van der Waals surface area contributed by atoms with E-state index < -0.39 is 0 Å². The summed E-state index contributed by atoms with van der Waals surface area (Å²) < 4.78 is 0. The van der Waals surface area contributed by atoms with Crippen molar-refractivity contribution in [1.29, 1.82) is 0 Å². The average molecular weight is 235 g/mol. The van der Waals surface area contributed by atoms with Crippen molar-refractivity contribution in [3.63, 3.8) is 0 Å². The Morgan fingerprint density at radius 3 is 2.76 bits per heavy atom. The van der Waals surface area contributed by atoms with E-state index in [1.165, 1.54) is 0 Å². The summed E-state index contributed by atoms with van der Waals surface area (Å²) in [4.78, 5) is 15.8. The minimum absolute atomic E-state index is 0.0102. The Hall–Kier alpha value is -1.42. The number of hydrogen-bond acceptors (Lipinski definition) is 3. The van der Waals surface area contributed by atoms with E-state index in [1.807, 2.05) is 25.1 Å². The fourth-order valence-electron chi connectivity index (χ4n) is 1.54. The molecule has 0 aliphatic carbocycles. The number of aromatic nitrogens is 1. The molecule has 3 N–H and O–H groups in total. The van der Waals surface area contributed by atoms with Crippen LogP contribution in [0.25, 0.3) is 0 Å². The van der Waals surface area contributed by atoms with E-state index in [1.54, 1.807) is 6.20 Å². The third-order valence-electron chi connectivity index (χ3n) is 2.59. The molecule has 94 valence electrons. The molecule has 1 aromatic heterocycles. The quantitative estimate of drug-likeness (QED) is 0.806. The van der Waals surface area contributed by atoms with Gasteiger partial charge in [0.2, 0.25) is 5.91 Å². The van der Waals surface area contributed by atoms with Crippen LogP contribution in [0.15, 0.2) is 24.4 Å². The van der Waals surface area contributed by atoms with E-state index in [0.29, 0.717) is 13.0 Å². The Balaban J connectivity index is 2.53. The van der Waals surface area contributed by atoms with Crippen molar-refractivity contribution < 1.29 is 4.79 Å². The van der Waals surface area contributed by atoms with Gasteiger partial charge in [-0.1, -0.05) is 19.9 Å². The van der Waals surface area contributed by atoms with E-state index >= 15 is 0 Å². The SMILES string of the molecule is CC(N)CC(=O)NCC(C)(C)c1ccccn1. The van der Waals surface area contributed by atoms with Crippen molar-refractivity contribution in [2.75, 3.05) is 6.54 Å². The monoisotopic (exact) mass is 235 g/mol. The molecule has 1 rings (SSSR count). The standard InChI is InChI=1S/C13H21N3O/c1-10(14)8-12(17)16-9-13(2,3)11-6-4-5-7-15-11/h4-7,10H,8-9,14H2,1-3H3,(H,16,17). The van der Waals surface area contributed by atoms with Crippen LogP contribution in [-0.2, 0) is 10.2 Å². The first-order valence-corrected chi connectivity index (χ1v) is 5.85. The number of nitrogens with zero attached hydrogens (tertiary/aromatic N) is 1. The van der Waals surface area contributed by atoms with Crippen LogP contribution in [0.5, 0.6) is 0 Å². The largest absolute Gasteiger partial charge is 0.355 e. The molecule has 1 atom stereocenters. The van der Waals surface area contributed by atoms with E-state index in [2.05, 4.69) is 24.1 Å². The fourth-order valence-corrected chi connectivity index (χ4v) is 1.54. The molecule has 1 unspecified atom stereocenters. The lowest BCUT2D eigenvalue weighted by atomic mass is 9.88. The van der Waals surface area contributed by atoms with Crippen molar-refractivity contribution in [2.45, 2.75) is 38.6 Å². The highest BCUT2D eigenvalue weighted by Crippen LogP contribution is 2.19. The van der Waals surface area contributed by atoms with Crippen LogP contribution in [0.3, 0.4) is 0 Å². The predicted molar refractivity (Wildman–Crippen MR) is 68.5 cm³/mol. The van der Waals surface area contributed by atoms with Gasteiger partial charge in [-0.2, -0.15) is 0 Å². The summed E-state index contributed by atoms with van der Waals surface area (Å²) in [6.07, 6.45) is 2.12. The molecule has 1 amide bonds. The molecule has 0 aliphatic heterocycles. The van der Waals surface area contributed by atoms with E-state index in [0.717, 1.165) is 5.69 Å². The molecule has 4 nitrogen and oxygen atoms in total. The van der Waals surface area contributed by atoms with Crippen LogP contribution >= 0.6 is 0 Å². The molecule has 4 heteroatoms. The molecule has 0 radical (unpaired) electrons. The Morgan fingerprint density at radius 2 is 2.24 bits per heavy atom. The molecule has 1 aromatic rings. The third-order valence-corrected chi connectivity index (χ3v) is 2.59. The lowest BCUT2D eigenvalue weighted by Gasteiger charge is -2.24. The number of amides is 1. The number of carbonyl (C=O) groups excluding carboxylic acids is 1. The highest BCUT2D eigenvalue weighted by molar-refractivity contribution is 5.76. The highest BCUT2D eigenvalue weighted by Gasteiger charge is 2.22. The lowest BCUT2D eigenvalue weighted by molar-refractivity contribution is -0.121. The summed E-state index contributed by atoms with van der Waals surface area (Å²) in [5.74, 6) is -0.0102. The molecule has 0 saturated heterocycles. The number of nitrogens with two attached hydrogens (primary N) is 1. The normalized spacial score (nSPS) is 13.2. The fraction of sp³-hybridized carbons (Fsp3) is 0.538. The number of nitrogens with one attached hydrogen (secondary N) is 1. The van der Waals surface area contributed by atoms with Gasteiger partial charge in [0, 0.05) is 36.3 Å². The second kappa shape index (κ2) is 5.77. The molecular formula is C13H21N3O. The van der Waals surface area contributed by atoms with Gasteiger partial charge in [-0.25, -0.2) is 0 Å². The first-order chi connectivity index (χ1) is 7.92.